The van der Waals surface area contributed by atoms with Crippen molar-refractivity contribution in [3.63, 3.8) is 0 Å². The van der Waals surface area contributed by atoms with E-state index in [-0.39, 0.29) is 5.92 Å². The molecule has 0 aliphatic carbocycles. The molecule has 2 fully saturated rings. The number of carbonyl (C=O) groups excluding carboxylic acids is 1. The van der Waals surface area contributed by atoms with Crippen molar-refractivity contribution in [2.24, 2.45) is 5.92 Å². The Kier molecular flexibility index (Phi) is 5.56. The molecule has 7 heteroatoms. The molecule has 0 saturated carbocycles. The van der Waals surface area contributed by atoms with Crippen LogP contribution in [0.4, 0.5) is 11.7 Å². The first-order valence-corrected chi connectivity index (χ1v) is 11.0. The third-order valence-electron chi connectivity index (χ3n) is 6.27. The zero-order valence-electron chi connectivity index (χ0n) is 17.6. The first kappa shape index (κ1) is 19.6. The van der Waals surface area contributed by atoms with E-state index >= 15 is 0 Å². The van der Waals surface area contributed by atoms with Gasteiger partial charge in [-0.1, -0.05) is 53.7 Å². The maximum absolute atomic E-state index is 13.1. The van der Waals surface area contributed by atoms with Gasteiger partial charge in [0.25, 0.3) is 0 Å². The van der Waals surface area contributed by atoms with Crippen LogP contribution in [0, 0.1) is 5.92 Å². The highest BCUT2D eigenvalue weighted by atomic mass is 16.5. The van der Waals surface area contributed by atoms with Gasteiger partial charge in [-0.25, -0.2) is 0 Å². The molecule has 2 saturated heterocycles. The van der Waals surface area contributed by atoms with Crippen LogP contribution in [0.25, 0.3) is 11.4 Å². The van der Waals surface area contributed by atoms with Crippen LogP contribution in [0.2, 0.25) is 0 Å². The number of amides is 1. The van der Waals surface area contributed by atoms with Crippen LogP contribution in [0.1, 0.15) is 12.8 Å². The Bertz CT molecular complexity index is 991. The van der Waals surface area contributed by atoms with Crippen LogP contribution >= 0.6 is 0 Å². The lowest BCUT2D eigenvalue weighted by Gasteiger charge is -2.39. The van der Waals surface area contributed by atoms with Crippen molar-refractivity contribution in [1.82, 2.24) is 15.0 Å². The molecule has 160 valence electrons. The van der Waals surface area contributed by atoms with Crippen LogP contribution in [-0.4, -0.2) is 60.2 Å². The topological polar surface area (TPSA) is 65.7 Å². The number of piperidine rings is 1. The average molecular weight is 418 g/mol. The molecule has 0 bridgehead atoms. The number of aromatic nitrogens is 2. The van der Waals surface area contributed by atoms with Crippen LogP contribution in [-0.2, 0) is 4.79 Å². The van der Waals surface area contributed by atoms with Gasteiger partial charge < -0.3 is 19.2 Å². The highest BCUT2D eigenvalue weighted by Crippen LogP contribution is 2.26. The summed E-state index contributed by atoms with van der Waals surface area (Å²) in [5, 5.41) is 4.11. The Balaban J connectivity index is 1.13. The van der Waals surface area contributed by atoms with E-state index in [1.165, 1.54) is 5.69 Å². The largest absolute Gasteiger partial charge is 0.368 e. The molecule has 31 heavy (non-hydrogen) atoms. The number of nitrogens with zero attached hydrogens (tertiary/aromatic N) is 5. The van der Waals surface area contributed by atoms with Gasteiger partial charge in [-0.05, 0) is 25.0 Å². The summed E-state index contributed by atoms with van der Waals surface area (Å²) in [5.41, 5.74) is 2.18. The van der Waals surface area contributed by atoms with Gasteiger partial charge in [-0.3, -0.25) is 4.79 Å². The number of anilines is 2. The predicted octanol–water partition coefficient (Wildman–Crippen LogP) is 3.30. The highest BCUT2D eigenvalue weighted by Gasteiger charge is 2.31. The Morgan fingerprint density at radius 2 is 1.45 bits per heavy atom. The quantitative estimate of drug-likeness (QED) is 0.649. The lowest BCUT2D eigenvalue weighted by Crippen LogP contribution is -2.51. The highest BCUT2D eigenvalue weighted by molar-refractivity contribution is 5.79. The summed E-state index contributed by atoms with van der Waals surface area (Å²) in [6.07, 6.45) is 1.64. The lowest BCUT2D eigenvalue weighted by atomic mass is 9.95. The number of para-hydroxylation sites is 1. The normalized spacial score (nSPS) is 17.7. The molecule has 3 heterocycles. The molecule has 0 spiro atoms. The van der Waals surface area contributed by atoms with Gasteiger partial charge in [0.2, 0.25) is 11.7 Å². The first-order valence-electron chi connectivity index (χ1n) is 11.0. The fraction of sp³-hybridized carbons (Fsp3) is 0.375. The molecule has 3 aromatic rings. The van der Waals surface area contributed by atoms with E-state index in [2.05, 4.69) is 44.2 Å². The Morgan fingerprint density at radius 3 is 2.13 bits per heavy atom. The Hall–Kier alpha value is -3.35. The van der Waals surface area contributed by atoms with Gasteiger partial charge in [0.15, 0.2) is 0 Å². The van der Waals surface area contributed by atoms with Gasteiger partial charge in [-0.2, -0.15) is 4.98 Å². The van der Waals surface area contributed by atoms with Crippen molar-refractivity contribution in [3.8, 4) is 11.4 Å². The van der Waals surface area contributed by atoms with Gasteiger partial charge in [0.1, 0.15) is 0 Å². The maximum atomic E-state index is 13.1. The molecule has 2 aliphatic heterocycles. The zero-order valence-corrected chi connectivity index (χ0v) is 17.6. The second kappa shape index (κ2) is 8.79. The number of carbonyl (C=O) groups is 1. The fourth-order valence-electron chi connectivity index (χ4n) is 4.45. The maximum Gasteiger partial charge on any atom is 0.324 e. The van der Waals surface area contributed by atoms with Crippen molar-refractivity contribution in [3.05, 3.63) is 60.7 Å². The molecule has 2 aromatic carbocycles. The number of rotatable bonds is 4. The molecule has 0 atom stereocenters. The lowest BCUT2D eigenvalue weighted by molar-refractivity contribution is -0.136. The molecule has 7 nitrogen and oxygen atoms in total. The number of benzene rings is 2. The molecule has 0 radical (unpaired) electrons. The van der Waals surface area contributed by atoms with Crippen molar-refractivity contribution >= 4 is 17.6 Å². The summed E-state index contributed by atoms with van der Waals surface area (Å²) in [6, 6.07) is 20.8. The number of hydrogen-bond donors (Lipinski definition) is 0. The summed E-state index contributed by atoms with van der Waals surface area (Å²) < 4.78 is 5.49. The minimum atomic E-state index is 0.0797. The first-order chi connectivity index (χ1) is 15.3. The van der Waals surface area contributed by atoms with E-state index in [0.29, 0.717) is 17.7 Å². The Labute approximate surface area is 182 Å². The van der Waals surface area contributed by atoms with Crippen molar-refractivity contribution < 1.29 is 9.32 Å². The van der Waals surface area contributed by atoms with Crippen LogP contribution in [0.5, 0.6) is 0 Å². The fourth-order valence-corrected chi connectivity index (χ4v) is 4.45. The van der Waals surface area contributed by atoms with E-state index in [9.17, 15) is 4.79 Å². The van der Waals surface area contributed by atoms with Gasteiger partial charge >= 0.3 is 6.01 Å². The zero-order chi connectivity index (χ0) is 21.0. The minimum Gasteiger partial charge on any atom is -0.368 e. The molecule has 2 aliphatic rings. The summed E-state index contributed by atoms with van der Waals surface area (Å²) in [6.45, 7) is 4.88. The number of piperazine rings is 1. The van der Waals surface area contributed by atoms with Gasteiger partial charge in [0.05, 0.1) is 0 Å². The van der Waals surface area contributed by atoms with Crippen molar-refractivity contribution in [2.75, 3.05) is 49.1 Å². The monoisotopic (exact) mass is 417 g/mol. The molecule has 0 N–H and O–H groups in total. The third-order valence-corrected chi connectivity index (χ3v) is 6.27. The second-order valence-electron chi connectivity index (χ2n) is 8.18. The summed E-state index contributed by atoms with van der Waals surface area (Å²) in [7, 11) is 0. The van der Waals surface area contributed by atoms with Gasteiger partial charge in [-0.15, -0.1) is 0 Å². The van der Waals surface area contributed by atoms with Gasteiger partial charge in [0, 0.05) is 56.4 Å². The van der Waals surface area contributed by atoms with Crippen LogP contribution in [0.3, 0.4) is 0 Å². The standard InChI is InChI=1S/C24H27N5O2/c30-23(28-17-15-27(16-18-28)21-9-5-2-6-10-21)20-11-13-29(14-12-20)24-25-22(26-31-24)19-7-3-1-4-8-19/h1-10,20H,11-18H2. The third kappa shape index (κ3) is 4.26. The van der Waals surface area contributed by atoms with E-state index in [0.717, 1.165) is 57.7 Å². The van der Waals surface area contributed by atoms with Crippen LogP contribution in [0.15, 0.2) is 65.2 Å². The molecule has 0 unspecified atom stereocenters. The average Bonchev–Trinajstić information content (AvgIpc) is 3.35. The molecule has 1 aromatic heterocycles. The van der Waals surface area contributed by atoms with E-state index in [1.54, 1.807) is 0 Å². The van der Waals surface area contributed by atoms with Crippen LogP contribution < -0.4 is 9.80 Å². The molecular formula is C24H27N5O2. The molecule has 1 amide bonds. The summed E-state index contributed by atoms with van der Waals surface area (Å²) in [4.78, 5) is 24.1. The van der Waals surface area contributed by atoms with E-state index < -0.39 is 0 Å². The second-order valence-corrected chi connectivity index (χ2v) is 8.18. The van der Waals surface area contributed by atoms with Crippen molar-refractivity contribution in [1.29, 1.82) is 0 Å². The SMILES string of the molecule is O=C(C1CCN(c2nc(-c3ccccc3)no2)CC1)N1CCN(c2ccccc2)CC1. The smallest absolute Gasteiger partial charge is 0.324 e. The summed E-state index contributed by atoms with van der Waals surface area (Å²) in [5.74, 6) is 0.976. The Morgan fingerprint density at radius 1 is 0.806 bits per heavy atom. The van der Waals surface area contributed by atoms with E-state index in [4.69, 9.17) is 4.52 Å². The molecule has 5 rings (SSSR count). The minimum absolute atomic E-state index is 0.0797. The summed E-state index contributed by atoms with van der Waals surface area (Å²) >= 11 is 0. The molecular weight excluding hydrogens is 390 g/mol. The number of hydrogen-bond acceptors (Lipinski definition) is 6. The van der Waals surface area contributed by atoms with Crippen molar-refractivity contribution in [2.45, 2.75) is 12.8 Å². The predicted molar refractivity (Wildman–Crippen MR) is 120 cm³/mol. The van der Waals surface area contributed by atoms with E-state index in [1.807, 2.05) is 41.3 Å².